The second-order valence-corrected chi connectivity index (χ2v) is 12.4. The summed E-state index contributed by atoms with van der Waals surface area (Å²) in [6, 6.07) is 16.6. The van der Waals surface area contributed by atoms with E-state index in [1.54, 1.807) is 24.3 Å². The maximum absolute atomic E-state index is 13.2. The summed E-state index contributed by atoms with van der Waals surface area (Å²) in [7, 11) is 7.96. The van der Waals surface area contributed by atoms with Gasteiger partial charge in [-0.25, -0.2) is 9.59 Å². The number of nitrogens with zero attached hydrogens (tertiary/aromatic N) is 2. The quantitative estimate of drug-likeness (QED) is 0.294. The number of hydrogen-bond donors (Lipinski definition) is 3. The number of imide groups is 1. The molecule has 1 unspecified atom stereocenters. The lowest BCUT2D eigenvalue weighted by Gasteiger charge is -2.30. The summed E-state index contributed by atoms with van der Waals surface area (Å²) in [5, 5.41) is 13.6. The van der Waals surface area contributed by atoms with E-state index >= 15 is 0 Å². The van der Waals surface area contributed by atoms with Crippen LogP contribution in [0, 0.1) is 0 Å². The average Bonchev–Trinajstić information content (AvgIpc) is 3.40. The molecular formula is C37H35N4O8+. The lowest BCUT2D eigenvalue weighted by molar-refractivity contribution is -0.871. The second kappa shape index (κ2) is 13.2. The Morgan fingerprint density at radius 1 is 0.959 bits per heavy atom. The Morgan fingerprint density at radius 3 is 2.29 bits per heavy atom. The zero-order valence-electron chi connectivity index (χ0n) is 27.4. The second-order valence-electron chi connectivity index (χ2n) is 12.4. The first-order valence-corrected chi connectivity index (χ1v) is 15.7. The van der Waals surface area contributed by atoms with E-state index in [-0.39, 0.29) is 42.1 Å². The molecule has 1 fully saturated rings. The van der Waals surface area contributed by atoms with Gasteiger partial charge in [0.15, 0.2) is 0 Å². The van der Waals surface area contributed by atoms with Crippen LogP contribution in [0.25, 0.3) is 5.57 Å². The number of allylic oxidation sites excluding steroid dienone is 1. The van der Waals surface area contributed by atoms with Crippen molar-refractivity contribution in [2.45, 2.75) is 25.4 Å². The van der Waals surface area contributed by atoms with E-state index in [2.05, 4.69) is 11.4 Å². The van der Waals surface area contributed by atoms with Crippen LogP contribution in [0.2, 0.25) is 0 Å². The van der Waals surface area contributed by atoms with E-state index < -0.39 is 29.7 Å². The summed E-state index contributed by atoms with van der Waals surface area (Å²) < 4.78 is 6.40. The lowest BCUT2D eigenvalue weighted by atomic mass is 9.84. The molecule has 1 aliphatic carbocycles. The maximum atomic E-state index is 13.2. The average molecular weight is 664 g/mol. The largest absolute Gasteiger partial charge is 0.478 e. The summed E-state index contributed by atoms with van der Waals surface area (Å²) in [5.41, 5.74) is 4.47. The number of anilines is 1. The van der Waals surface area contributed by atoms with Crippen molar-refractivity contribution in [1.82, 2.24) is 10.4 Å². The summed E-state index contributed by atoms with van der Waals surface area (Å²) >= 11 is 0. The maximum Gasteiger partial charge on any atom is 0.363 e. The van der Waals surface area contributed by atoms with E-state index in [9.17, 15) is 29.1 Å². The molecule has 0 bridgehead atoms. The zero-order valence-corrected chi connectivity index (χ0v) is 27.4. The predicted octanol–water partition coefficient (Wildman–Crippen LogP) is 2.76. The van der Waals surface area contributed by atoms with Crippen molar-refractivity contribution < 1.29 is 43.6 Å². The number of carbonyl (C=O) groups is 5. The number of ether oxygens (including phenoxy) is 1. The van der Waals surface area contributed by atoms with Crippen molar-refractivity contribution in [3.63, 3.8) is 0 Å². The summed E-state index contributed by atoms with van der Waals surface area (Å²) in [4.78, 5) is 69.9. The number of carbonyl (C=O) groups excluding carboxylic acids is 4. The topological polar surface area (TPSA) is 147 Å². The van der Waals surface area contributed by atoms with Gasteiger partial charge in [0.25, 0.3) is 17.7 Å². The van der Waals surface area contributed by atoms with Crippen molar-refractivity contribution in [2.75, 3.05) is 33.1 Å². The third-order valence-electron chi connectivity index (χ3n) is 8.58. The van der Waals surface area contributed by atoms with Gasteiger partial charge in [0.2, 0.25) is 0 Å². The van der Waals surface area contributed by atoms with Crippen LogP contribution in [0.15, 0.2) is 90.2 Å². The molecular weight excluding hydrogens is 628 g/mol. The summed E-state index contributed by atoms with van der Waals surface area (Å²) in [6.07, 6.45) is 6.05. The number of likely N-dealkylation sites (N-methyl/N-ethyl adjacent to an activating group) is 1. The van der Waals surface area contributed by atoms with Crippen LogP contribution < -0.4 is 19.9 Å². The Kier molecular flexibility index (Phi) is 8.89. The van der Waals surface area contributed by atoms with Crippen molar-refractivity contribution >= 4 is 40.9 Å². The minimum Gasteiger partial charge on any atom is -0.478 e. The molecule has 3 aliphatic rings. The number of benzene rings is 3. The van der Waals surface area contributed by atoms with Gasteiger partial charge in [-0.15, -0.1) is 5.06 Å². The van der Waals surface area contributed by atoms with Gasteiger partial charge in [-0.1, -0.05) is 18.2 Å². The molecule has 6 rings (SSSR count). The molecule has 12 nitrogen and oxygen atoms in total. The van der Waals surface area contributed by atoms with Gasteiger partial charge in [0, 0.05) is 73.6 Å². The highest BCUT2D eigenvalue weighted by Crippen LogP contribution is 2.45. The third-order valence-corrected chi connectivity index (χ3v) is 8.58. The molecule has 3 N–H and O–H groups in total. The van der Waals surface area contributed by atoms with Crippen LogP contribution in [0.3, 0.4) is 0 Å². The van der Waals surface area contributed by atoms with Gasteiger partial charge in [-0.3, -0.25) is 14.4 Å². The van der Waals surface area contributed by atoms with E-state index in [1.165, 1.54) is 23.1 Å². The fourth-order valence-corrected chi connectivity index (χ4v) is 5.80. The molecule has 49 heavy (non-hydrogen) atoms. The first-order chi connectivity index (χ1) is 23.4. The van der Waals surface area contributed by atoms with Crippen LogP contribution in [0.4, 0.5) is 5.69 Å². The number of hydroxylamine groups is 2. The number of nitrogens with one attached hydrogen (secondary N) is 2. The molecule has 250 valence electrons. The van der Waals surface area contributed by atoms with Crippen LogP contribution in [0.5, 0.6) is 5.75 Å². The highest BCUT2D eigenvalue weighted by molar-refractivity contribution is 6.04. The fourth-order valence-electron chi connectivity index (χ4n) is 5.80. The monoisotopic (exact) mass is 663 g/mol. The van der Waals surface area contributed by atoms with Crippen molar-refractivity contribution in [2.24, 2.45) is 0 Å². The lowest BCUT2D eigenvalue weighted by Crippen LogP contribution is -3.09. The van der Waals surface area contributed by atoms with Crippen molar-refractivity contribution in [1.29, 1.82) is 0 Å². The van der Waals surface area contributed by atoms with Crippen molar-refractivity contribution in [3.05, 3.63) is 124 Å². The molecule has 2 aliphatic heterocycles. The number of quaternary nitrogens is 1. The summed E-state index contributed by atoms with van der Waals surface area (Å²) in [5.74, 6) is -2.42. The molecule has 1 saturated heterocycles. The minimum atomic E-state index is -1.18. The first-order valence-electron chi connectivity index (χ1n) is 15.7. The van der Waals surface area contributed by atoms with Crippen LogP contribution in [-0.2, 0) is 21.0 Å². The first kappa shape index (κ1) is 32.9. The van der Waals surface area contributed by atoms with E-state index in [4.69, 9.17) is 9.57 Å². The normalized spacial score (nSPS) is 16.6. The Balaban J connectivity index is 1.24. The smallest absolute Gasteiger partial charge is 0.363 e. The summed E-state index contributed by atoms with van der Waals surface area (Å²) in [6.45, 7) is 0.0869. The van der Waals surface area contributed by atoms with Crippen molar-refractivity contribution in [3.8, 4) is 5.75 Å². The third kappa shape index (κ3) is 6.58. The number of amides is 3. The number of fused-ring (bicyclic) bond motifs is 2. The Morgan fingerprint density at radius 2 is 1.63 bits per heavy atom. The Labute approximate surface area is 282 Å². The van der Waals surface area contributed by atoms with Crippen LogP contribution >= 0.6 is 0 Å². The molecule has 0 spiro atoms. The molecule has 0 aromatic heterocycles. The van der Waals surface area contributed by atoms with Gasteiger partial charge in [0.05, 0.1) is 25.2 Å². The molecule has 3 aromatic carbocycles. The number of rotatable bonds is 9. The van der Waals surface area contributed by atoms with Gasteiger partial charge in [-0.05, 0) is 59.7 Å². The number of hydrogen-bond acceptors (Lipinski definition) is 8. The number of carboxylic acids is 1. The van der Waals surface area contributed by atoms with Crippen LogP contribution in [0.1, 0.15) is 60.6 Å². The standard InChI is InChI=1S/C37H34N4O8/c1-39(2)24-10-13-27-30(18-24)48-31-19-25(40(3)4)11-14-28(31)34(27)26-12-9-23(17-29(26)36(45)46)35(44)38-20-21-5-7-22(8-6-21)37(47)49-41-32(42)15-16-33(41)43/h5-14,17-19,24H,15-16,20H2,1-4H3,(H,38,44)(H,45,46)/p+1. The van der Waals surface area contributed by atoms with Gasteiger partial charge >= 0.3 is 11.9 Å². The molecule has 3 amide bonds. The number of carboxylic acid groups (broad SMARTS) is 1. The minimum absolute atomic E-state index is 0.00515. The Bertz CT molecular complexity index is 1980. The van der Waals surface area contributed by atoms with Gasteiger partial charge < -0.3 is 29.8 Å². The molecule has 12 heteroatoms. The van der Waals surface area contributed by atoms with E-state index in [1.807, 2.05) is 63.4 Å². The van der Waals surface area contributed by atoms with E-state index in [0.29, 0.717) is 33.3 Å². The molecule has 0 radical (unpaired) electrons. The SMILES string of the molecule is CN(C)c1ccc2c(c1)OC1=CC([NH+](C)C)C=CC1=C2c1ccc(C(=O)NCc2ccc(C(=O)ON3C(=O)CCC3=O)cc2)cc1C(=O)O. The molecule has 3 aromatic rings. The van der Waals surface area contributed by atoms with Gasteiger partial charge in [0.1, 0.15) is 17.6 Å². The molecule has 0 saturated carbocycles. The van der Waals surface area contributed by atoms with Gasteiger partial charge in [-0.2, -0.15) is 0 Å². The predicted molar refractivity (Wildman–Crippen MR) is 179 cm³/mol. The molecule has 1 atom stereocenters. The van der Waals surface area contributed by atoms with E-state index in [0.717, 1.165) is 16.8 Å². The molecule has 2 heterocycles. The highest BCUT2D eigenvalue weighted by atomic mass is 16.7. The van der Waals surface area contributed by atoms with Crippen LogP contribution in [-0.4, -0.2) is 74.1 Å². The number of aromatic carboxylic acids is 1. The zero-order chi connectivity index (χ0) is 35.0. The fraction of sp³-hybridized carbons (Fsp3) is 0.216. The highest BCUT2D eigenvalue weighted by Gasteiger charge is 2.34. The Hall–Kier alpha value is -6.01.